The number of hydrogen-bond donors (Lipinski definition) is 2. The summed E-state index contributed by atoms with van der Waals surface area (Å²) in [6.45, 7) is 5.04. The zero-order valence-corrected chi connectivity index (χ0v) is 24.3. The van der Waals surface area contributed by atoms with Crippen molar-refractivity contribution in [3.05, 3.63) is 24.4 Å². The highest BCUT2D eigenvalue weighted by molar-refractivity contribution is 7.93. The predicted molar refractivity (Wildman–Crippen MR) is 143 cm³/mol. The number of aromatic nitrogens is 2. The Kier molecular flexibility index (Phi) is 8.58. The minimum Gasteiger partial charge on any atom is -0.486 e. The summed E-state index contributed by atoms with van der Waals surface area (Å²) in [7, 11) is -4.40. The van der Waals surface area contributed by atoms with Gasteiger partial charge in [-0.2, -0.15) is 13.2 Å². The number of carboxylic acids is 1. The number of benzene rings is 1. The van der Waals surface area contributed by atoms with E-state index in [2.05, 4.69) is 15.2 Å². The lowest BCUT2D eigenvalue weighted by molar-refractivity contribution is -0.242. The van der Waals surface area contributed by atoms with Crippen molar-refractivity contribution >= 4 is 33.5 Å². The van der Waals surface area contributed by atoms with Gasteiger partial charge in [0.2, 0.25) is 5.60 Å². The highest BCUT2D eigenvalue weighted by atomic mass is 32.2. The Morgan fingerprint density at radius 1 is 1.24 bits per heavy atom. The van der Waals surface area contributed by atoms with E-state index in [0.717, 1.165) is 17.1 Å². The van der Waals surface area contributed by atoms with Crippen LogP contribution in [0.2, 0.25) is 0 Å². The van der Waals surface area contributed by atoms with Gasteiger partial charge < -0.3 is 19.3 Å². The van der Waals surface area contributed by atoms with Crippen LogP contribution in [0.5, 0.6) is 11.6 Å². The first-order valence-corrected chi connectivity index (χ1v) is 14.8. The Bertz CT molecular complexity index is 1440. The molecule has 2 N–H and O–H groups in total. The molecule has 2 aromatic rings. The number of ether oxygens (including phenoxy) is 3. The molecule has 0 bridgehead atoms. The lowest BCUT2D eigenvalue weighted by Crippen LogP contribution is -2.45. The molecular weight excluding hydrogens is 585 g/mol. The number of carbonyl (C=O) groups is 2. The van der Waals surface area contributed by atoms with Crippen LogP contribution in [0.15, 0.2) is 29.3 Å². The molecule has 0 unspecified atom stereocenters. The van der Waals surface area contributed by atoms with Gasteiger partial charge in [0.15, 0.2) is 4.90 Å². The average molecular weight is 619 g/mol. The fourth-order valence-electron chi connectivity index (χ4n) is 4.53. The molecule has 2 heterocycles. The molecule has 42 heavy (non-hydrogen) atoms. The van der Waals surface area contributed by atoms with Crippen LogP contribution in [0.1, 0.15) is 47.0 Å². The number of amides is 1. The third kappa shape index (κ3) is 6.52. The van der Waals surface area contributed by atoms with Gasteiger partial charge in [-0.05, 0) is 71.1 Å². The molecule has 232 valence electrons. The van der Waals surface area contributed by atoms with Crippen molar-refractivity contribution in [1.29, 1.82) is 0 Å². The highest BCUT2D eigenvalue weighted by Gasteiger charge is 2.51. The molecule has 0 radical (unpaired) electrons. The normalized spacial score (nSPS) is 18.1. The van der Waals surface area contributed by atoms with E-state index in [-0.39, 0.29) is 53.4 Å². The summed E-state index contributed by atoms with van der Waals surface area (Å²) >= 11 is 0. The third-order valence-electron chi connectivity index (χ3n) is 7.06. The van der Waals surface area contributed by atoms with Crippen LogP contribution < -0.4 is 19.1 Å². The maximum atomic E-state index is 14.1. The number of hydrogen-bond acceptors (Lipinski definition) is 8. The Morgan fingerprint density at radius 3 is 2.50 bits per heavy atom. The first-order valence-electron chi connectivity index (χ1n) is 13.4. The van der Waals surface area contributed by atoms with Crippen LogP contribution in [0, 0.1) is 11.8 Å². The fourth-order valence-corrected chi connectivity index (χ4v) is 6.11. The highest BCUT2D eigenvalue weighted by Crippen LogP contribution is 2.44. The van der Waals surface area contributed by atoms with Crippen molar-refractivity contribution in [1.82, 2.24) is 9.78 Å². The number of halogens is 3. The van der Waals surface area contributed by atoms with Crippen molar-refractivity contribution in [3.63, 3.8) is 0 Å². The summed E-state index contributed by atoms with van der Waals surface area (Å²) in [5.74, 6) is -1.80. The third-order valence-corrected chi connectivity index (χ3v) is 8.82. The summed E-state index contributed by atoms with van der Waals surface area (Å²) in [6, 6.07) is 3.88. The molecule has 16 heteroatoms. The number of carbonyl (C=O) groups excluding carboxylic acids is 1. The maximum Gasteiger partial charge on any atom is 0.427 e. The Balaban J connectivity index is 1.71. The lowest BCUT2D eigenvalue weighted by Gasteiger charge is -2.36. The van der Waals surface area contributed by atoms with E-state index < -0.39 is 45.9 Å². The minimum absolute atomic E-state index is 0.0240. The number of aliphatic carboxylic acids is 1. The predicted octanol–water partition coefficient (Wildman–Crippen LogP) is 4.65. The Morgan fingerprint density at radius 2 is 1.93 bits per heavy atom. The van der Waals surface area contributed by atoms with Gasteiger partial charge in [0.25, 0.3) is 15.9 Å². The lowest BCUT2D eigenvalue weighted by atomic mass is 9.95. The van der Waals surface area contributed by atoms with Crippen molar-refractivity contribution in [2.24, 2.45) is 11.8 Å². The number of nitrogens with one attached hydrogen (secondary N) is 1. The first kappa shape index (κ1) is 31.3. The van der Waals surface area contributed by atoms with Crippen LogP contribution in [0.25, 0.3) is 0 Å². The first-order chi connectivity index (χ1) is 19.6. The standard InChI is InChI=1S/C26H33F3N4O8S/c1-5-32-14-21(22(31-32)39-6-2)42(37,38)33-13-17(12-18(23(34)35)15-7-8-15)40-20-10-9-16(11-19(20)33)30-24(36)41-25(3,4)26(27,28)29/h9-11,14-15,17-18H,5-8,12-13H2,1-4H3,(H,30,36)(H,34,35)/t17-,18-/m0/s1. The topological polar surface area (TPSA) is 149 Å². The number of aryl methyl sites for hydroxylation is 1. The second-order valence-corrected chi connectivity index (χ2v) is 12.4. The zero-order chi connectivity index (χ0) is 31.0. The molecular formula is C26H33F3N4O8S. The minimum atomic E-state index is -4.83. The molecule has 4 rings (SSSR count). The van der Waals surface area contributed by atoms with E-state index in [9.17, 15) is 36.3 Å². The van der Waals surface area contributed by atoms with Crippen LogP contribution in [0.3, 0.4) is 0 Å². The number of alkyl halides is 3. The van der Waals surface area contributed by atoms with Crippen molar-refractivity contribution in [2.45, 2.75) is 76.3 Å². The molecule has 1 saturated carbocycles. The van der Waals surface area contributed by atoms with Crippen LogP contribution >= 0.6 is 0 Å². The number of nitrogens with zero attached hydrogens (tertiary/aromatic N) is 3. The Hall–Kier alpha value is -3.69. The molecule has 1 aromatic heterocycles. The van der Waals surface area contributed by atoms with Crippen molar-refractivity contribution in [2.75, 3.05) is 22.8 Å². The molecule has 0 saturated heterocycles. The molecule has 12 nitrogen and oxygen atoms in total. The van der Waals surface area contributed by atoms with Gasteiger partial charge in [0, 0.05) is 18.4 Å². The summed E-state index contributed by atoms with van der Waals surface area (Å²) in [6.07, 6.45) is -4.19. The summed E-state index contributed by atoms with van der Waals surface area (Å²) in [4.78, 5) is 24.0. The van der Waals surface area contributed by atoms with Gasteiger partial charge in [-0.1, -0.05) is 0 Å². The maximum absolute atomic E-state index is 14.1. The molecule has 1 fully saturated rings. The van der Waals surface area contributed by atoms with E-state index in [4.69, 9.17) is 9.47 Å². The Labute approximate surface area is 240 Å². The zero-order valence-electron chi connectivity index (χ0n) is 23.5. The van der Waals surface area contributed by atoms with Crippen LogP contribution in [-0.2, 0) is 26.1 Å². The van der Waals surface area contributed by atoms with Crippen molar-refractivity contribution < 1.29 is 50.5 Å². The van der Waals surface area contributed by atoms with Gasteiger partial charge in [0.05, 0.1) is 24.8 Å². The van der Waals surface area contributed by atoms with Gasteiger partial charge in [-0.3, -0.25) is 19.1 Å². The molecule has 1 aliphatic heterocycles. The summed E-state index contributed by atoms with van der Waals surface area (Å²) in [5.41, 5.74) is -2.87. The molecule has 2 atom stereocenters. The van der Waals surface area contributed by atoms with Crippen LogP contribution in [-0.4, -0.2) is 66.4 Å². The van der Waals surface area contributed by atoms with E-state index in [1.807, 2.05) is 0 Å². The SMILES string of the molecule is CCOc1nn(CC)cc1S(=O)(=O)N1C[C@H](C[C@H](C(=O)O)C2CC2)Oc2ccc(NC(=O)OC(C)(C)C(F)(F)F)cc21. The summed E-state index contributed by atoms with van der Waals surface area (Å²) < 4.78 is 86.3. The van der Waals surface area contributed by atoms with Gasteiger partial charge in [-0.25, -0.2) is 13.2 Å². The largest absolute Gasteiger partial charge is 0.486 e. The van der Waals surface area contributed by atoms with Crippen LogP contribution in [0.4, 0.5) is 29.3 Å². The second kappa shape index (κ2) is 11.5. The van der Waals surface area contributed by atoms with E-state index in [0.29, 0.717) is 20.4 Å². The molecule has 0 spiro atoms. The second-order valence-electron chi connectivity index (χ2n) is 10.6. The number of carboxylic acid groups (broad SMARTS) is 1. The van der Waals surface area contributed by atoms with E-state index >= 15 is 0 Å². The number of sulfonamides is 1. The number of rotatable bonds is 11. The number of fused-ring (bicyclic) bond motifs is 1. The van der Waals surface area contributed by atoms with Gasteiger partial charge >= 0.3 is 18.2 Å². The average Bonchev–Trinajstić information content (AvgIpc) is 3.64. The molecule has 2 aliphatic rings. The van der Waals surface area contributed by atoms with E-state index in [1.54, 1.807) is 13.8 Å². The molecule has 1 aliphatic carbocycles. The molecule has 1 amide bonds. The number of anilines is 2. The van der Waals surface area contributed by atoms with Gasteiger partial charge in [-0.15, -0.1) is 5.10 Å². The fraction of sp³-hybridized carbons (Fsp3) is 0.577. The monoisotopic (exact) mass is 618 g/mol. The quantitative estimate of drug-likeness (QED) is 0.367. The van der Waals surface area contributed by atoms with Crippen molar-refractivity contribution in [3.8, 4) is 11.6 Å². The smallest absolute Gasteiger partial charge is 0.427 e. The molecule has 1 aromatic carbocycles. The van der Waals surface area contributed by atoms with E-state index in [1.165, 1.54) is 29.1 Å². The summed E-state index contributed by atoms with van der Waals surface area (Å²) in [5, 5.41) is 16.1. The van der Waals surface area contributed by atoms with Gasteiger partial charge in [0.1, 0.15) is 11.9 Å².